The molecule has 1 aliphatic heterocycles. The Hall–Kier alpha value is -2.09. The maximum absolute atomic E-state index is 13.1. The van der Waals surface area contributed by atoms with Crippen LogP contribution in [-0.4, -0.2) is 38.8 Å². The number of piperidine rings is 1. The normalized spacial score (nSPS) is 15.9. The molecule has 6 nitrogen and oxygen atoms in total. The number of sulfonamides is 1. The van der Waals surface area contributed by atoms with Gasteiger partial charge in [-0.15, -0.1) is 0 Å². The van der Waals surface area contributed by atoms with Gasteiger partial charge in [-0.3, -0.25) is 4.79 Å². The van der Waals surface area contributed by atoms with E-state index in [1.54, 1.807) is 18.2 Å². The molecule has 1 N–H and O–H groups in total. The first kappa shape index (κ1) is 21.6. The third kappa shape index (κ3) is 4.74. The van der Waals surface area contributed by atoms with Crippen LogP contribution in [-0.2, 0) is 14.8 Å². The minimum absolute atomic E-state index is 0.116. The summed E-state index contributed by atoms with van der Waals surface area (Å²) in [4.78, 5) is 12.8. The van der Waals surface area contributed by atoms with Crippen LogP contribution in [0.1, 0.15) is 24.0 Å². The maximum Gasteiger partial charge on any atom is 0.246 e. The van der Waals surface area contributed by atoms with Crippen molar-refractivity contribution >= 4 is 33.2 Å². The number of carbonyl (C=O) groups is 1. The first-order valence-corrected chi connectivity index (χ1v) is 11.3. The van der Waals surface area contributed by atoms with E-state index in [9.17, 15) is 13.2 Å². The van der Waals surface area contributed by atoms with Crippen LogP contribution in [0.3, 0.4) is 0 Å². The molecule has 3 rings (SSSR count). The molecule has 8 heteroatoms. The lowest BCUT2D eigenvalue weighted by Crippen LogP contribution is -2.41. The van der Waals surface area contributed by atoms with E-state index in [1.807, 2.05) is 32.0 Å². The van der Waals surface area contributed by atoms with Crippen LogP contribution in [0.4, 0.5) is 5.69 Å². The maximum atomic E-state index is 13.1. The van der Waals surface area contributed by atoms with Crippen molar-refractivity contribution in [1.82, 2.24) is 4.31 Å². The van der Waals surface area contributed by atoms with Gasteiger partial charge in [-0.2, -0.15) is 4.31 Å². The fraction of sp³-hybridized carbons (Fsp3) is 0.381. The van der Waals surface area contributed by atoms with Crippen LogP contribution in [0.2, 0.25) is 5.02 Å². The van der Waals surface area contributed by atoms with E-state index in [-0.39, 0.29) is 29.8 Å². The van der Waals surface area contributed by atoms with Crippen molar-refractivity contribution in [2.75, 3.05) is 25.5 Å². The van der Waals surface area contributed by atoms with Gasteiger partial charge in [0, 0.05) is 29.7 Å². The number of anilines is 1. The van der Waals surface area contributed by atoms with Crippen LogP contribution in [0.25, 0.3) is 0 Å². The standard InChI is InChI=1S/C21H25ClN2O4S/c1-14-4-7-19(28-3)20(12-14)29(26,27)24-10-8-16(9-11-24)21(25)23-17-6-5-15(2)18(22)13-17/h4-7,12-13,16H,8-11H2,1-3H3,(H,23,25). The fourth-order valence-corrected chi connectivity index (χ4v) is 5.29. The molecule has 1 aliphatic rings. The summed E-state index contributed by atoms with van der Waals surface area (Å²) < 4.78 is 32.8. The van der Waals surface area contributed by atoms with E-state index in [1.165, 1.54) is 11.4 Å². The molecule has 0 aliphatic carbocycles. The highest BCUT2D eigenvalue weighted by Gasteiger charge is 2.33. The van der Waals surface area contributed by atoms with Crippen LogP contribution < -0.4 is 10.1 Å². The minimum Gasteiger partial charge on any atom is -0.495 e. The predicted molar refractivity (Wildman–Crippen MR) is 114 cm³/mol. The fourth-order valence-electron chi connectivity index (χ4n) is 3.40. The summed E-state index contributed by atoms with van der Waals surface area (Å²) in [7, 11) is -2.23. The summed E-state index contributed by atoms with van der Waals surface area (Å²) in [6.45, 7) is 4.30. The molecule has 0 unspecified atom stereocenters. The average Bonchev–Trinajstić information content (AvgIpc) is 2.70. The Kier molecular flexibility index (Phi) is 6.51. The van der Waals surface area contributed by atoms with E-state index in [0.717, 1.165) is 11.1 Å². The first-order valence-electron chi connectivity index (χ1n) is 9.44. The van der Waals surface area contributed by atoms with Crippen molar-refractivity contribution in [3.63, 3.8) is 0 Å². The Labute approximate surface area is 176 Å². The lowest BCUT2D eigenvalue weighted by atomic mass is 9.97. The molecule has 156 valence electrons. The van der Waals surface area contributed by atoms with Gasteiger partial charge >= 0.3 is 0 Å². The number of methoxy groups -OCH3 is 1. The van der Waals surface area contributed by atoms with E-state index in [0.29, 0.717) is 29.3 Å². The van der Waals surface area contributed by atoms with Gasteiger partial charge in [0.1, 0.15) is 10.6 Å². The smallest absolute Gasteiger partial charge is 0.246 e. The summed E-state index contributed by atoms with van der Waals surface area (Å²) in [5.41, 5.74) is 2.43. The molecule has 1 saturated heterocycles. The van der Waals surface area contributed by atoms with Gasteiger partial charge in [0.15, 0.2) is 0 Å². The van der Waals surface area contributed by atoms with Crippen molar-refractivity contribution in [2.45, 2.75) is 31.6 Å². The van der Waals surface area contributed by atoms with Crippen molar-refractivity contribution < 1.29 is 17.9 Å². The summed E-state index contributed by atoms with van der Waals surface area (Å²) in [5, 5.41) is 3.47. The molecule has 1 amide bonds. The zero-order valence-electron chi connectivity index (χ0n) is 16.7. The molecule has 2 aromatic carbocycles. The van der Waals surface area contributed by atoms with E-state index < -0.39 is 10.0 Å². The first-order chi connectivity index (χ1) is 13.7. The number of ether oxygens (including phenoxy) is 1. The molecule has 0 saturated carbocycles. The number of hydrogen-bond donors (Lipinski definition) is 1. The SMILES string of the molecule is COc1ccc(C)cc1S(=O)(=O)N1CCC(C(=O)Nc2ccc(C)c(Cl)c2)CC1. The molecule has 0 spiro atoms. The number of nitrogens with zero attached hydrogens (tertiary/aromatic N) is 1. The minimum atomic E-state index is -3.69. The predicted octanol–water partition coefficient (Wildman–Crippen LogP) is 4.00. The van der Waals surface area contributed by atoms with Crippen LogP contribution in [0, 0.1) is 19.8 Å². The lowest BCUT2D eigenvalue weighted by molar-refractivity contribution is -0.120. The molecule has 0 aromatic heterocycles. The molecule has 0 bridgehead atoms. The number of carbonyl (C=O) groups excluding carboxylic acids is 1. The van der Waals surface area contributed by atoms with E-state index >= 15 is 0 Å². The zero-order chi connectivity index (χ0) is 21.2. The van der Waals surface area contributed by atoms with Crippen molar-refractivity contribution in [2.24, 2.45) is 5.92 Å². The van der Waals surface area contributed by atoms with Gasteiger partial charge in [0.25, 0.3) is 0 Å². The molecule has 1 fully saturated rings. The van der Waals surface area contributed by atoms with Gasteiger partial charge < -0.3 is 10.1 Å². The van der Waals surface area contributed by atoms with E-state index in [2.05, 4.69) is 5.32 Å². The van der Waals surface area contributed by atoms with Gasteiger partial charge in [-0.25, -0.2) is 8.42 Å². The van der Waals surface area contributed by atoms with Crippen LogP contribution in [0.5, 0.6) is 5.75 Å². The Morgan fingerprint density at radius 1 is 1.14 bits per heavy atom. The molecular formula is C21H25ClN2O4S. The van der Waals surface area contributed by atoms with Crippen molar-refractivity contribution in [3.8, 4) is 5.75 Å². The molecule has 0 radical (unpaired) electrons. The molecule has 29 heavy (non-hydrogen) atoms. The number of rotatable bonds is 5. The zero-order valence-corrected chi connectivity index (χ0v) is 18.3. The van der Waals surface area contributed by atoms with E-state index in [4.69, 9.17) is 16.3 Å². The molecule has 2 aromatic rings. The Morgan fingerprint density at radius 3 is 2.45 bits per heavy atom. The second-order valence-corrected chi connectivity index (χ2v) is 9.60. The number of hydrogen-bond acceptors (Lipinski definition) is 4. The highest BCUT2D eigenvalue weighted by molar-refractivity contribution is 7.89. The third-order valence-electron chi connectivity index (χ3n) is 5.20. The van der Waals surface area contributed by atoms with Crippen molar-refractivity contribution in [1.29, 1.82) is 0 Å². The summed E-state index contributed by atoms with van der Waals surface area (Å²) >= 11 is 6.11. The van der Waals surface area contributed by atoms with Gasteiger partial charge in [0.05, 0.1) is 7.11 Å². The monoisotopic (exact) mass is 436 g/mol. The van der Waals surface area contributed by atoms with Crippen LogP contribution >= 0.6 is 11.6 Å². The summed E-state index contributed by atoms with van der Waals surface area (Å²) in [6, 6.07) is 10.5. The molecule has 1 heterocycles. The lowest BCUT2D eigenvalue weighted by Gasteiger charge is -2.31. The second-order valence-electron chi connectivity index (χ2n) is 7.29. The van der Waals surface area contributed by atoms with Gasteiger partial charge in [0.2, 0.25) is 15.9 Å². The second kappa shape index (κ2) is 8.73. The van der Waals surface area contributed by atoms with Gasteiger partial charge in [-0.05, 0) is 62.1 Å². The summed E-state index contributed by atoms with van der Waals surface area (Å²) in [5.74, 6) is -0.0391. The Bertz CT molecular complexity index is 1020. The largest absolute Gasteiger partial charge is 0.495 e. The number of benzene rings is 2. The third-order valence-corrected chi connectivity index (χ3v) is 7.53. The number of amides is 1. The average molecular weight is 437 g/mol. The Balaban J connectivity index is 1.67. The van der Waals surface area contributed by atoms with Crippen LogP contribution in [0.15, 0.2) is 41.3 Å². The molecular weight excluding hydrogens is 412 g/mol. The molecule has 0 atom stereocenters. The quantitative estimate of drug-likeness (QED) is 0.768. The number of aryl methyl sites for hydroxylation is 2. The number of halogens is 1. The Morgan fingerprint density at radius 2 is 1.83 bits per heavy atom. The summed E-state index contributed by atoms with van der Waals surface area (Å²) in [6.07, 6.45) is 0.914. The highest BCUT2D eigenvalue weighted by atomic mass is 35.5. The van der Waals surface area contributed by atoms with Crippen molar-refractivity contribution in [3.05, 3.63) is 52.5 Å². The van der Waals surface area contributed by atoms with Gasteiger partial charge in [-0.1, -0.05) is 23.7 Å². The highest BCUT2D eigenvalue weighted by Crippen LogP contribution is 2.31. The number of nitrogens with one attached hydrogen (secondary N) is 1. The topological polar surface area (TPSA) is 75.7 Å².